The van der Waals surface area contributed by atoms with Crippen LogP contribution in [0.5, 0.6) is 0 Å². The van der Waals surface area contributed by atoms with Crippen molar-refractivity contribution in [1.29, 1.82) is 0 Å². The molecule has 3 aromatic rings. The molecule has 0 aromatic heterocycles. The topological polar surface area (TPSA) is 117 Å². The molecule has 0 aliphatic carbocycles. The van der Waals surface area contributed by atoms with Gasteiger partial charge in [0.2, 0.25) is 0 Å². The highest BCUT2D eigenvalue weighted by molar-refractivity contribution is 7.85. The Bertz CT molecular complexity index is 1060. The van der Waals surface area contributed by atoms with Crippen molar-refractivity contribution in [2.45, 2.75) is 4.90 Å². The molecule has 0 saturated carbocycles. The second-order valence-corrected chi connectivity index (χ2v) is 6.77. The Balaban J connectivity index is 2.04. The summed E-state index contributed by atoms with van der Waals surface area (Å²) < 4.78 is 31.8. The highest BCUT2D eigenvalue weighted by Crippen LogP contribution is 2.33. The van der Waals surface area contributed by atoms with Crippen molar-refractivity contribution in [3.8, 4) is 0 Å². The van der Waals surface area contributed by atoms with E-state index in [0.29, 0.717) is 27.8 Å². The Hall–Kier alpha value is -2.97. The summed E-state index contributed by atoms with van der Waals surface area (Å²) in [7, 11) is -2.47. The van der Waals surface area contributed by atoms with E-state index in [1.54, 1.807) is 18.2 Å². The van der Waals surface area contributed by atoms with Gasteiger partial charge < -0.3 is 11.1 Å². The summed E-state index contributed by atoms with van der Waals surface area (Å²) in [5, 5.41) is 12.6. The van der Waals surface area contributed by atoms with Crippen molar-refractivity contribution in [1.82, 2.24) is 0 Å². The lowest BCUT2D eigenvalue weighted by molar-refractivity contribution is 0.483. The summed E-state index contributed by atoms with van der Waals surface area (Å²) in [6, 6.07) is 14.9. The molecule has 0 atom stereocenters. The zero-order valence-electron chi connectivity index (χ0n) is 13.3. The molecule has 0 radical (unpaired) electrons. The Morgan fingerprint density at radius 3 is 2.32 bits per heavy atom. The fourth-order valence-corrected chi connectivity index (χ4v) is 2.89. The van der Waals surface area contributed by atoms with Crippen LogP contribution in [-0.2, 0) is 10.1 Å². The highest BCUT2D eigenvalue weighted by Gasteiger charge is 2.12. The van der Waals surface area contributed by atoms with E-state index in [0.717, 1.165) is 5.69 Å². The maximum atomic E-state index is 11.3. The normalized spacial score (nSPS) is 11.9. The van der Waals surface area contributed by atoms with Gasteiger partial charge in [-0.2, -0.15) is 13.5 Å². The molecule has 0 fully saturated rings. The van der Waals surface area contributed by atoms with Crippen molar-refractivity contribution in [3.63, 3.8) is 0 Å². The molecule has 0 unspecified atom stereocenters. The van der Waals surface area contributed by atoms with Gasteiger partial charge in [0, 0.05) is 29.2 Å². The van der Waals surface area contributed by atoms with Crippen molar-refractivity contribution in [2.24, 2.45) is 10.2 Å². The van der Waals surface area contributed by atoms with Gasteiger partial charge in [0.1, 0.15) is 0 Å². The number of hydrogen-bond donors (Lipinski definition) is 3. The largest absolute Gasteiger partial charge is 0.398 e. The van der Waals surface area contributed by atoms with Gasteiger partial charge in [0.05, 0.1) is 16.3 Å². The number of nitrogens with zero attached hydrogens (tertiary/aromatic N) is 2. The third kappa shape index (κ3) is 3.59. The summed E-state index contributed by atoms with van der Waals surface area (Å²) in [5.74, 6) is 0. The van der Waals surface area contributed by atoms with E-state index < -0.39 is 10.1 Å². The van der Waals surface area contributed by atoms with E-state index in [2.05, 4.69) is 15.5 Å². The molecule has 3 rings (SSSR count). The van der Waals surface area contributed by atoms with Gasteiger partial charge in [-0.15, -0.1) is 5.11 Å². The second-order valence-electron chi connectivity index (χ2n) is 5.35. The van der Waals surface area contributed by atoms with Crippen molar-refractivity contribution >= 4 is 43.6 Å². The molecule has 3 aromatic carbocycles. The van der Waals surface area contributed by atoms with E-state index in [9.17, 15) is 13.0 Å². The monoisotopic (exact) mass is 356 g/mol. The Kier molecular flexibility index (Phi) is 4.39. The number of hydrogen-bond acceptors (Lipinski definition) is 6. The number of azo groups is 1. The first-order valence-electron chi connectivity index (χ1n) is 7.38. The fourth-order valence-electron chi connectivity index (χ4n) is 2.39. The minimum absolute atomic E-state index is 0.219. The highest BCUT2D eigenvalue weighted by atomic mass is 32.2. The average molecular weight is 356 g/mol. The van der Waals surface area contributed by atoms with Crippen LogP contribution in [0.4, 0.5) is 22.7 Å². The predicted molar refractivity (Wildman–Crippen MR) is 98.3 cm³/mol. The van der Waals surface area contributed by atoms with E-state index in [1.807, 2.05) is 31.3 Å². The van der Waals surface area contributed by atoms with Crippen molar-refractivity contribution in [3.05, 3.63) is 54.6 Å². The number of anilines is 2. The molecule has 0 spiro atoms. The molecule has 0 heterocycles. The van der Waals surface area contributed by atoms with Crippen LogP contribution in [0, 0.1) is 0 Å². The van der Waals surface area contributed by atoms with E-state index in [-0.39, 0.29) is 4.90 Å². The van der Waals surface area contributed by atoms with Gasteiger partial charge in [0.25, 0.3) is 10.1 Å². The molecule has 0 saturated heterocycles. The molecule has 128 valence electrons. The lowest BCUT2D eigenvalue weighted by Crippen LogP contribution is -1.98. The van der Waals surface area contributed by atoms with Crippen LogP contribution >= 0.6 is 0 Å². The summed E-state index contributed by atoms with van der Waals surface area (Å²) in [4.78, 5) is -0.219. The number of rotatable bonds is 4. The minimum Gasteiger partial charge on any atom is -0.398 e. The molecule has 0 aliphatic heterocycles. The number of fused-ring (bicyclic) bond motifs is 1. The molecule has 0 bridgehead atoms. The van der Waals surface area contributed by atoms with Crippen LogP contribution in [0.3, 0.4) is 0 Å². The van der Waals surface area contributed by atoms with Crippen LogP contribution in [0.1, 0.15) is 0 Å². The third-order valence-electron chi connectivity index (χ3n) is 3.73. The first kappa shape index (κ1) is 16.9. The van der Waals surface area contributed by atoms with E-state index >= 15 is 0 Å². The maximum Gasteiger partial charge on any atom is 0.294 e. The van der Waals surface area contributed by atoms with E-state index in [4.69, 9.17) is 5.73 Å². The molecule has 4 N–H and O–H groups in total. The first-order valence-corrected chi connectivity index (χ1v) is 8.82. The average Bonchev–Trinajstić information content (AvgIpc) is 2.60. The van der Waals surface area contributed by atoms with Gasteiger partial charge in [-0.3, -0.25) is 4.55 Å². The summed E-state index contributed by atoms with van der Waals surface area (Å²) in [6.45, 7) is 0. The minimum atomic E-state index is -4.30. The van der Waals surface area contributed by atoms with Crippen LogP contribution in [0.2, 0.25) is 0 Å². The zero-order valence-corrected chi connectivity index (χ0v) is 14.2. The van der Waals surface area contributed by atoms with Crippen LogP contribution in [0.25, 0.3) is 10.8 Å². The summed E-state index contributed by atoms with van der Waals surface area (Å²) in [6.07, 6.45) is 0. The summed E-state index contributed by atoms with van der Waals surface area (Å²) >= 11 is 0. The lowest BCUT2D eigenvalue weighted by atomic mass is 10.1. The van der Waals surface area contributed by atoms with Gasteiger partial charge in [-0.25, -0.2) is 0 Å². The fraction of sp³-hybridized carbons (Fsp3) is 0.0588. The Morgan fingerprint density at radius 1 is 0.960 bits per heavy atom. The van der Waals surface area contributed by atoms with E-state index in [1.165, 1.54) is 12.1 Å². The van der Waals surface area contributed by atoms with Crippen molar-refractivity contribution < 1.29 is 13.0 Å². The zero-order chi connectivity index (χ0) is 18.0. The van der Waals surface area contributed by atoms with Gasteiger partial charge >= 0.3 is 0 Å². The maximum absolute atomic E-state index is 11.3. The van der Waals surface area contributed by atoms with Crippen LogP contribution < -0.4 is 11.1 Å². The molecule has 8 heteroatoms. The molecular formula is C17H16N4O3S. The predicted octanol–water partition coefficient (Wildman–Crippen LogP) is 4.13. The second kappa shape index (κ2) is 6.50. The lowest BCUT2D eigenvalue weighted by Gasteiger charge is -2.06. The standard InChI is InChI=1S/C17H16N4O3S/c1-19-11-2-4-12(5-3-11)20-21-17-9-8-16(18)15-10-13(25(22,23)24)6-7-14(15)17/h2-10,19H,18H2,1H3,(H,22,23,24). The van der Waals surface area contributed by atoms with Gasteiger partial charge in [-0.1, -0.05) is 6.07 Å². The van der Waals surface area contributed by atoms with Gasteiger partial charge in [-0.05, 0) is 48.5 Å². The molecule has 0 aliphatic rings. The first-order chi connectivity index (χ1) is 11.9. The summed E-state index contributed by atoms with van der Waals surface area (Å²) in [5.41, 5.74) is 8.50. The Morgan fingerprint density at radius 2 is 1.68 bits per heavy atom. The number of nitrogen functional groups attached to an aromatic ring is 1. The number of benzene rings is 3. The molecular weight excluding hydrogens is 340 g/mol. The SMILES string of the molecule is CNc1ccc(N=Nc2ccc(N)c3cc(S(=O)(=O)O)ccc23)cc1. The molecule has 25 heavy (non-hydrogen) atoms. The molecule has 7 nitrogen and oxygen atoms in total. The number of nitrogens with two attached hydrogens (primary N) is 1. The Labute approximate surface area is 145 Å². The smallest absolute Gasteiger partial charge is 0.294 e. The molecule has 0 amide bonds. The van der Waals surface area contributed by atoms with Crippen LogP contribution in [-0.4, -0.2) is 20.0 Å². The van der Waals surface area contributed by atoms with Crippen LogP contribution in [0.15, 0.2) is 69.7 Å². The quantitative estimate of drug-likeness (QED) is 0.369. The number of nitrogens with one attached hydrogen (secondary N) is 1. The van der Waals surface area contributed by atoms with Crippen molar-refractivity contribution in [2.75, 3.05) is 18.1 Å². The third-order valence-corrected chi connectivity index (χ3v) is 4.58. The van der Waals surface area contributed by atoms with Gasteiger partial charge in [0.15, 0.2) is 0 Å².